The number of hydrogen-bond donors (Lipinski definition) is 0. The Bertz CT molecular complexity index is 290. The van der Waals surface area contributed by atoms with Crippen molar-refractivity contribution in [2.75, 3.05) is 0 Å². The van der Waals surface area contributed by atoms with E-state index in [9.17, 15) is 0 Å². The van der Waals surface area contributed by atoms with Crippen molar-refractivity contribution in [3.05, 3.63) is 0 Å². The monoisotopic (exact) mass is 206 g/mol. The average molecular weight is 206 g/mol. The van der Waals surface area contributed by atoms with Crippen LogP contribution in [0.2, 0.25) is 0 Å². The van der Waals surface area contributed by atoms with E-state index in [1.165, 1.54) is 44.2 Å². The van der Waals surface area contributed by atoms with E-state index in [2.05, 4.69) is 25.4 Å². The van der Waals surface area contributed by atoms with Crippen LogP contribution in [0, 0.1) is 17.3 Å². The molecule has 15 heavy (non-hydrogen) atoms. The van der Waals surface area contributed by atoms with Gasteiger partial charge in [0.15, 0.2) is 0 Å². The van der Waals surface area contributed by atoms with E-state index in [1.807, 2.05) is 6.21 Å². The van der Waals surface area contributed by atoms with E-state index in [0.717, 1.165) is 11.8 Å². The maximum Gasteiger partial charge on any atom is 0.385 e. The first-order chi connectivity index (χ1) is 7.12. The summed E-state index contributed by atoms with van der Waals surface area (Å²) in [5, 5.41) is 0. The SMILES string of the molecule is CCCC(CC1CC1)C(C)(C)CC1=[N+]=C1. The van der Waals surface area contributed by atoms with Gasteiger partial charge >= 0.3 is 11.9 Å². The van der Waals surface area contributed by atoms with Gasteiger partial charge in [-0.05, 0) is 23.7 Å². The zero-order chi connectivity index (χ0) is 10.9. The Morgan fingerprint density at radius 3 is 2.60 bits per heavy atom. The molecular weight excluding hydrogens is 182 g/mol. The van der Waals surface area contributed by atoms with Gasteiger partial charge < -0.3 is 0 Å². The lowest BCUT2D eigenvalue weighted by molar-refractivity contribution is 0.187. The maximum absolute atomic E-state index is 4.22. The fourth-order valence-corrected chi connectivity index (χ4v) is 2.68. The predicted molar refractivity (Wildman–Crippen MR) is 67.3 cm³/mol. The largest absolute Gasteiger partial charge is 0.385 e. The fraction of sp³-hybridized carbons (Fsp3) is 0.857. The molecule has 0 aromatic heterocycles. The molecule has 1 aliphatic carbocycles. The number of rotatable bonds is 7. The van der Waals surface area contributed by atoms with Gasteiger partial charge in [-0.1, -0.05) is 51.1 Å². The molecule has 0 saturated heterocycles. The Morgan fingerprint density at radius 1 is 1.47 bits per heavy atom. The molecule has 0 radical (unpaired) electrons. The minimum Gasteiger partial charge on any atom is -0.0810 e. The molecular formula is C14H24N+. The summed E-state index contributed by atoms with van der Waals surface area (Å²) in [6, 6.07) is 0. The molecule has 0 N–H and O–H groups in total. The lowest BCUT2D eigenvalue weighted by atomic mass is 9.71. The van der Waals surface area contributed by atoms with E-state index in [0.29, 0.717) is 5.41 Å². The van der Waals surface area contributed by atoms with Crippen molar-refractivity contribution < 1.29 is 0 Å². The van der Waals surface area contributed by atoms with Crippen LogP contribution in [0.3, 0.4) is 0 Å². The first-order valence-electron chi connectivity index (χ1n) is 6.51. The lowest BCUT2D eigenvalue weighted by Gasteiger charge is -2.32. The quantitative estimate of drug-likeness (QED) is 0.568. The third-order valence-electron chi connectivity index (χ3n) is 4.01. The highest BCUT2D eigenvalue weighted by atomic mass is 14.7. The van der Waals surface area contributed by atoms with Gasteiger partial charge in [0.2, 0.25) is 0 Å². The smallest absolute Gasteiger partial charge is 0.0810 e. The summed E-state index contributed by atoms with van der Waals surface area (Å²) >= 11 is 0. The van der Waals surface area contributed by atoms with Crippen LogP contribution >= 0.6 is 0 Å². The number of nitrogens with zero attached hydrogens (tertiary/aromatic N) is 1. The molecule has 1 atom stereocenters. The molecule has 0 spiro atoms. The highest BCUT2D eigenvalue weighted by Gasteiger charge is 2.39. The van der Waals surface area contributed by atoms with Crippen LogP contribution in [0.15, 0.2) is 0 Å². The third-order valence-corrected chi connectivity index (χ3v) is 4.01. The second-order valence-electron chi connectivity index (χ2n) is 6.08. The van der Waals surface area contributed by atoms with Gasteiger partial charge in [0.25, 0.3) is 0 Å². The Labute approximate surface area is 93.7 Å². The molecule has 0 bridgehead atoms. The lowest BCUT2D eigenvalue weighted by Crippen LogP contribution is -2.26. The molecule has 1 aliphatic heterocycles. The van der Waals surface area contributed by atoms with Gasteiger partial charge in [0, 0.05) is 0 Å². The van der Waals surface area contributed by atoms with Crippen LogP contribution in [-0.2, 0) is 0 Å². The molecule has 2 rings (SSSR count). The molecule has 1 nitrogen and oxygen atoms in total. The van der Waals surface area contributed by atoms with Crippen molar-refractivity contribution in [3.63, 3.8) is 0 Å². The van der Waals surface area contributed by atoms with Crippen LogP contribution < -0.4 is 4.67 Å². The Hall–Kier alpha value is -0.550. The van der Waals surface area contributed by atoms with Crippen LogP contribution in [-0.4, -0.2) is 11.9 Å². The minimum atomic E-state index is 0.463. The highest BCUT2D eigenvalue weighted by Crippen LogP contribution is 2.44. The summed E-state index contributed by atoms with van der Waals surface area (Å²) in [5.74, 6) is 1.97. The van der Waals surface area contributed by atoms with Gasteiger partial charge in [-0.3, -0.25) is 0 Å². The molecule has 1 heteroatoms. The van der Waals surface area contributed by atoms with Crippen molar-refractivity contribution in [1.82, 2.24) is 4.67 Å². The van der Waals surface area contributed by atoms with Crippen LogP contribution in [0.25, 0.3) is 0 Å². The first kappa shape index (κ1) is 11.0. The summed E-state index contributed by atoms with van der Waals surface area (Å²) in [6.07, 6.45) is 10.4. The predicted octanol–water partition coefficient (Wildman–Crippen LogP) is 3.21. The van der Waals surface area contributed by atoms with Crippen molar-refractivity contribution in [2.45, 2.75) is 59.3 Å². The zero-order valence-corrected chi connectivity index (χ0v) is 10.4. The topological polar surface area (TPSA) is 14.1 Å². The molecule has 84 valence electrons. The molecule has 0 aromatic rings. The Morgan fingerprint density at radius 2 is 2.13 bits per heavy atom. The van der Waals surface area contributed by atoms with Crippen LogP contribution in [0.1, 0.15) is 59.3 Å². The van der Waals surface area contributed by atoms with Crippen molar-refractivity contribution in [2.24, 2.45) is 17.3 Å². The van der Waals surface area contributed by atoms with Crippen molar-refractivity contribution in [1.29, 1.82) is 0 Å². The second-order valence-corrected chi connectivity index (χ2v) is 6.08. The standard InChI is InChI=1S/C14H24N/c1-4-5-12(8-11-6-7-11)14(2,3)9-13-10-15-13/h10-12H,4-9H2,1-3H3/q+1. The first-order valence-corrected chi connectivity index (χ1v) is 6.51. The molecule has 0 amide bonds. The minimum absolute atomic E-state index is 0.463. The summed E-state index contributed by atoms with van der Waals surface area (Å²) in [5.41, 5.74) is 1.81. The van der Waals surface area contributed by atoms with E-state index in [1.54, 1.807) is 0 Å². The normalized spacial score (nSPS) is 21.4. The molecule has 0 aromatic carbocycles. The summed E-state index contributed by atoms with van der Waals surface area (Å²) < 4.78 is 4.22. The maximum atomic E-state index is 4.22. The van der Waals surface area contributed by atoms with Gasteiger partial charge in [-0.2, -0.15) is 0 Å². The van der Waals surface area contributed by atoms with Crippen molar-refractivity contribution in [3.8, 4) is 0 Å². The summed E-state index contributed by atoms with van der Waals surface area (Å²) in [4.78, 5) is 0. The average Bonchev–Trinajstić information content (AvgIpc) is 2.97. The van der Waals surface area contributed by atoms with Crippen molar-refractivity contribution >= 4 is 11.9 Å². The van der Waals surface area contributed by atoms with E-state index in [4.69, 9.17) is 0 Å². The molecule has 1 heterocycles. The van der Waals surface area contributed by atoms with Gasteiger partial charge in [0.1, 0.15) is 0 Å². The summed E-state index contributed by atoms with van der Waals surface area (Å²) in [6.45, 7) is 7.19. The van der Waals surface area contributed by atoms with Crippen LogP contribution in [0.4, 0.5) is 0 Å². The van der Waals surface area contributed by atoms with Crippen LogP contribution in [0.5, 0.6) is 0 Å². The summed E-state index contributed by atoms with van der Waals surface area (Å²) in [7, 11) is 0. The van der Waals surface area contributed by atoms with E-state index >= 15 is 0 Å². The Kier molecular flexibility index (Phi) is 3.02. The zero-order valence-electron chi connectivity index (χ0n) is 10.4. The molecule has 1 saturated carbocycles. The highest BCUT2D eigenvalue weighted by molar-refractivity contribution is 6.39. The fourth-order valence-electron chi connectivity index (χ4n) is 2.68. The van der Waals surface area contributed by atoms with E-state index < -0.39 is 0 Å². The molecule has 2 aliphatic rings. The van der Waals surface area contributed by atoms with Gasteiger partial charge in [0.05, 0.1) is 6.42 Å². The van der Waals surface area contributed by atoms with E-state index in [-0.39, 0.29) is 0 Å². The number of hydrogen-bond acceptors (Lipinski definition) is 0. The van der Waals surface area contributed by atoms with Gasteiger partial charge in [-0.25, -0.2) is 0 Å². The second kappa shape index (κ2) is 4.14. The third kappa shape index (κ3) is 3.21. The Balaban J connectivity index is 1.89. The van der Waals surface area contributed by atoms with Gasteiger partial charge in [-0.15, -0.1) is 0 Å². The molecule has 1 unspecified atom stereocenters. The molecule has 1 fully saturated rings.